The number of rotatable bonds is 13. The lowest BCUT2D eigenvalue weighted by Gasteiger charge is -2.43. The van der Waals surface area contributed by atoms with E-state index in [1.54, 1.807) is 24.0 Å². The molecule has 4 atom stereocenters. The maximum atomic E-state index is 14.5. The van der Waals surface area contributed by atoms with E-state index in [0.29, 0.717) is 24.1 Å². The number of H-pyrrole nitrogens is 1. The highest BCUT2D eigenvalue weighted by atomic mass is 19.1. The quantitative estimate of drug-likeness (QED) is 0.145. The second kappa shape index (κ2) is 17.7. The van der Waals surface area contributed by atoms with E-state index in [-0.39, 0.29) is 36.1 Å². The molecule has 14 nitrogen and oxygen atoms in total. The van der Waals surface area contributed by atoms with E-state index in [1.165, 1.54) is 50.4 Å². The fraction of sp³-hybridized carbons (Fsp3) is 0.513. The molecule has 0 spiro atoms. The van der Waals surface area contributed by atoms with E-state index in [9.17, 15) is 28.4 Å². The van der Waals surface area contributed by atoms with Crippen LogP contribution in [0.2, 0.25) is 0 Å². The van der Waals surface area contributed by atoms with E-state index < -0.39 is 65.1 Å². The lowest BCUT2D eigenvalue weighted by molar-refractivity contribution is -0.186. The number of ether oxygens (including phenoxy) is 4. The third kappa shape index (κ3) is 9.23. The summed E-state index contributed by atoms with van der Waals surface area (Å²) in [6.45, 7) is 8.29. The van der Waals surface area contributed by atoms with E-state index in [0.717, 1.165) is 32.1 Å². The monoisotopic (exact) mass is 749 g/mol. The Morgan fingerprint density at radius 3 is 2.41 bits per heavy atom. The molecule has 15 heteroatoms. The summed E-state index contributed by atoms with van der Waals surface area (Å²) in [5, 5.41) is 8.84. The number of aromatic amines is 1. The zero-order valence-electron chi connectivity index (χ0n) is 31.3. The molecule has 2 aromatic heterocycles. The van der Waals surface area contributed by atoms with Gasteiger partial charge in [0.15, 0.2) is 5.75 Å². The molecule has 0 radical (unpaired) electrons. The number of carbonyl (C=O) groups excluding carboxylic acids is 4. The maximum Gasteiger partial charge on any atom is 0.511 e. The Bertz CT molecular complexity index is 1860. The minimum atomic E-state index is -1.26. The van der Waals surface area contributed by atoms with Crippen LogP contribution in [0, 0.1) is 18.2 Å². The summed E-state index contributed by atoms with van der Waals surface area (Å²) in [6, 6.07) is 7.84. The molecule has 5 rings (SSSR count). The van der Waals surface area contributed by atoms with Crippen LogP contribution in [0.25, 0.3) is 0 Å². The summed E-state index contributed by atoms with van der Waals surface area (Å²) in [4.78, 5) is 72.2. The Kier molecular flexibility index (Phi) is 13.0. The average molecular weight is 750 g/mol. The summed E-state index contributed by atoms with van der Waals surface area (Å²) in [7, 11) is 0. The number of aromatic nitrogens is 3. The van der Waals surface area contributed by atoms with Gasteiger partial charge in [-0.15, -0.1) is 0 Å². The standard InChI is InChI=1S/C39H48FN5O9/c1-6-39(7-2,37(49)51-25(5)52-38(50)54-28-14-9-8-10-15-28)33-19-18-31(26-12-11-13-27(40)21-26)45(33)36(48)24(4)42-34(46)30-17-16-29(22-41-30)53-32-20-23(3)43-44-35(32)47/h11-13,16-17,20-22,24-25,28,31,33H,6-10,14-15,18-19H2,1-5H3,(H,42,46)(H,44,47)/t24-,25?,31+,33-/m1/s1. The van der Waals surface area contributed by atoms with Gasteiger partial charge in [-0.25, -0.2) is 19.3 Å². The topological polar surface area (TPSA) is 179 Å². The molecule has 0 bridgehead atoms. The van der Waals surface area contributed by atoms with Crippen LogP contribution < -0.4 is 15.6 Å². The Balaban J connectivity index is 1.33. The van der Waals surface area contributed by atoms with Gasteiger partial charge in [-0.1, -0.05) is 32.4 Å². The largest absolute Gasteiger partial charge is 0.511 e. The maximum absolute atomic E-state index is 14.5. The van der Waals surface area contributed by atoms with Crippen LogP contribution in [0.3, 0.4) is 0 Å². The molecule has 2 aliphatic rings. The van der Waals surface area contributed by atoms with Crippen molar-refractivity contribution < 1.29 is 42.5 Å². The highest BCUT2D eigenvalue weighted by Gasteiger charge is 2.54. The predicted molar refractivity (Wildman–Crippen MR) is 193 cm³/mol. The highest BCUT2D eigenvalue weighted by Crippen LogP contribution is 2.48. The van der Waals surface area contributed by atoms with Gasteiger partial charge in [-0.2, -0.15) is 5.10 Å². The first-order chi connectivity index (χ1) is 25.8. The zero-order valence-corrected chi connectivity index (χ0v) is 31.3. The van der Waals surface area contributed by atoms with Crippen molar-refractivity contribution in [3.05, 3.63) is 81.8 Å². The number of aryl methyl sites for hydroxylation is 1. The number of halogens is 1. The lowest BCUT2D eigenvalue weighted by atomic mass is 9.74. The predicted octanol–water partition coefficient (Wildman–Crippen LogP) is 6.44. The Morgan fingerprint density at radius 2 is 1.74 bits per heavy atom. The summed E-state index contributed by atoms with van der Waals surface area (Å²) < 4.78 is 36.6. The highest BCUT2D eigenvalue weighted by molar-refractivity contribution is 5.96. The number of likely N-dealkylation sites (tertiary alicyclic amines) is 1. The molecule has 1 aliphatic heterocycles. The van der Waals surface area contributed by atoms with Crippen LogP contribution in [-0.2, 0) is 23.8 Å². The van der Waals surface area contributed by atoms with Crippen LogP contribution in [0.1, 0.15) is 113 Å². The minimum Gasteiger partial charge on any atom is -0.450 e. The molecule has 1 saturated carbocycles. The van der Waals surface area contributed by atoms with Gasteiger partial charge in [0.2, 0.25) is 12.2 Å². The van der Waals surface area contributed by atoms with Crippen molar-refractivity contribution in [1.82, 2.24) is 25.4 Å². The van der Waals surface area contributed by atoms with Gasteiger partial charge >= 0.3 is 17.7 Å². The fourth-order valence-corrected chi connectivity index (χ4v) is 7.44. The fourth-order valence-electron chi connectivity index (χ4n) is 7.44. The molecule has 1 unspecified atom stereocenters. The molecule has 3 aromatic rings. The molecule has 54 heavy (non-hydrogen) atoms. The average Bonchev–Trinajstić information content (AvgIpc) is 3.59. The third-order valence-corrected chi connectivity index (χ3v) is 10.3. The van der Waals surface area contributed by atoms with Gasteiger partial charge < -0.3 is 29.2 Å². The first-order valence-corrected chi connectivity index (χ1v) is 18.5. The van der Waals surface area contributed by atoms with Crippen molar-refractivity contribution in [2.24, 2.45) is 5.41 Å². The van der Waals surface area contributed by atoms with Crippen LogP contribution in [0.5, 0.6) is 11.5 Å². The van der Waals surface area contributed by atoms with Crippen molar-refractivity contribution >= 4 is 23.9 Å². The number of carbonyl (C=O) groups is 4. The SMILES string of the molecule is CCC(CC)(C(=O)OC(C)OC(=O)OC1CCCCC1)[C@H]1CC[C@@H](c2cccc(F)c2)N1C(=O)[C@@H](C)NC(=O)c1ccc(Oc2cc(C)n[nH]c2=O)cn1. The van der Waals surface area contributed by atoms with Crippen LogP contribution in [-0.4, -0.2) is 68.5 Å². The van der Waals surface area contributed by atoms with Gasteiger partial charge in [-0.3, -0.25) is 19.2 Å². The van der Waals surface area contributed by atoms with E-state index in [4.69, 9.17) is 18.9 Å². The molecular formula is C39H48FN5O9. The third-order valence-electron chi connectivity index (χ3n) is 10.3. The normalized spacial score (nSPS) is 18.7. The number of hydrogen-bond donors (Lipinski definition) is 2. The number of pyridine rings is 1. The molecule has 1 aromatic carbocycles. The molecule has 1 aliphatic carbocycles. The first kappa shape index (κ1) is 39.9. The summed E-state index contributed by atoms with van der Waals surface area (Å²) in [5.41, 5.74) is -0.709. The van der Waals surface area contributed by atoms with Crippen molar-refractivity contribution in [2.45, 2.75) is 123 Å². The van der Waals surface area contributed by atoms with Crippen molar-refractivity contribution in [3.8, 4) is 11.5 Å². The molecule has 2 amide bonds. The lowest BCUT2D eigenvalue weighted by Crippen LogP contribution is -2.56. The molecular weight excluding hydrogens is 701 g/mol. The number of esters is 1. The molecule has 3 heterocycles. The summed E-state index contributed by atoms with van der Waals surface area (Å²) >= 11 is 0. The number of hydrogen-bond acceptors (Lipinski definition) is 11. The second-order valence-corrected chi connectivity index (χ2v) is 13.9. The second-order valence-electron chi connectivity index (χ2n) is 13.9. The van der Waals surface area contributed by atoms with Crippen LogP contribution in [0.4, 0.5) is 9.18 Å². The number of amides is 2. The molecule has 1 saturated heterocycles. The zero-order chi connectivity index (χ0) is 39.0. The van der Waals surface area contributed by atoms with Crippen LogP contribution >= 0.6 is 0 Å². The van der Waals surface area contributed by atoms with Gasteiger partial charge in [-0.05, 0) is 95.0 Å². The Hall–Kier alpha value is -5.34. The van der Waals surface area contributed by atoms with Gasteiger partial charge in [0.05, 0.1) is 23.3 Å². The van der Waals surface area contributed by atoms with E-state index >= 15 is 0 Å². The van der Waals surface area contributed by atoms with Gasteiger partial charge in [0.1, 0.15) is 29.4 Å². The minimum absolute atomic E-state index is 0.00649. The summed E-state index contributed by atoms with van der Waals surface area (Å²) in [5.74, 6) is -2.07. The van der Waals surface area contributed by atoms with Gasteiger partial charge in [0.25, 0.3) is 5.91 Å². The van der Waals surface area contributed by atoms with E-state index in [1.807, 2.05) is 13.8 Å². The molecule has 2 fully saturated rings. The van der Waals surface area contributed by atoms with E-state index in [2.05, 4.69) is 20.5 Å². The Labute approximate surface area is 313 Å². The van der Waals surface area contributed by atoms with Gasteiger partial charge in [0, 0.05) is 19.0 Å². The number of nitrogens with zero attached hydrogens (tertiary/aromatic N) is 3. The number of benzene rings is 1. The number of nitrogens with one attached hydrogen (secondary N) is 2. The van der Waals surface area contributed by atoms with Crippen molar-refractivity contribution in [2.75, 3.05) is 0 Å². The Morgan fingerprint density at radius 1 is 1.00 bits per heavy atom. The first-order valence-electron chi connectivity index (χ1n) is 18.5. The molecule has 2 N–H and O–H groups in total. The molecule has 290 valence electrons. The smallest absolute Gasteiger partial charge is 0.450 e. The van der Waals surface area contributed by atoms with Crippen molar-refractivity contribution in [3.63, 3.8) is 0 Å². The van der Waals surface area contributed by atoms with Crippen LogP contribution in [0.15, 0.2) is 53.5 Å². The summed E-state index contributed by atoms with van der Waals surface area (Å²) in [6.07, 6.45) is 4.73. The van der Waals surface area contributed by atoms with Crippen molar-refractivity contribution in [1.29, 1.82) is 0 Å².